The molecule has 1 aliphatic rings. The van der Waals surface area contributed by atoms with Gasteiger partial charge in [0.1, 0.15) is 5.54 Å². The lowest BCUT2D eigenvalue weighted by molar-refractivity contribution is -0.150. The van der Waals surface area contributed by atoms with Crippen LogP contribution in [0.3, 0.4) is 0 Å². The van der Waals surface area contributed by atoms with Gasteiger partial charge in [-0.25, -0.2) is 0 Å². The fourth-order valence-electron chi connectivity index (χ4n) is 2.54. The largest absolute Gasteiger partial charge is 0.465 e. The number of likely N-dealkylation sites (N-methyl/N-ethyl adjacent to an activating group) is 1. The highest BCUT2D eigenvalue weighted by Gasteiger charge is 2.46. The molecular formula is C12H18ClN3O2. The predicted molar refractivity (Wildman–Crippen MR) is 68.5 cm³/mol. The first kappa shape index (κ1) is 13.4. The van der Waals surface area contributed by atoms with Crippen LogP contribution in [0.15, 0.2) is 12.4 Å². The summed E-state index contributed by atoms with van der Waals surface area (Å²) in [5, 5.41) is 7.95. The SMILES string of the molecule is CCOC(=O)C1(NC)CCC(n2cc(Cl)cn2)C1. The minimum Gasteiger partial charge on any atom is -0.465 e. The average molecular weight is 272 g/mol. The third kappa shape index (κ3) is 2.37. The zero-order valence-corrected chi connectivity index (χ0v) is 11.4. The average Bonchev–Trinajstić information content (AvgIpc) is 2.96. The summed E-state index contributed by atoms with van der Waals surface area (Å²) in [7, 11) is 1.80. The molecule has 0 bridgehead atoms. The number of carbonyl (C=O) groups excluding carboxylic acids is 1. The third-order valence-electron chi connectivity index (χ3n) is 3.58. The molecule has 18 heavy (non-hydrogen) atoms. The molecule has 1 aromatic rings. The summed E-state index contributed by atoms with van der Waals surface area (Å²) in [6, 6.07) is 0.189. The Hall–Kier alpha value is -1.07. The summed E-state index contributed by atoms with van der Waals surface area (Å²) in [6.07, 6.45) is 5.73. The Labute approximate surface area is 111 Å². The number of hydrogen-bond donors (Lipinski definition) is 1. The lowest BCUT2D eigenvalue weighted by atomic mass is 9.98. The first-order valence-electron chi connectivity index (χ1n) is 6.17. The maximum atomic E-state index is 12.0. The van der Waals surface area contributed by atoms with Gasteiger partial charge in [0.25, 0.3) is 0 Å². The zero-order valence-electron chi connectivity index (χ0n) is 10.6. The van der Waals surface area contributed by atoms with Crippen LogP contribution < -0.4 is 5.32 Å². The molecule has 1 aliphatic carbocycles. The van der Waals surface area contributed by atoms with E-state index in [-0.39, 0.29) is 12.0 Å². The first-order chi connectivity index (χ1) is 8.61. The van der Waals surface area contributed by atoms with Crippen LogP contribution in [0.4, 0.5) is 0 Å². The number of nitrogens with zero attached hydrogens (tertiary/aromatic N) is 2. The standard InChI is InChI=1S/C12H18ClN3O2/c1-3-18-11(17)12(14-2)5-4-10(6-12)16-8-9(13)7-15-16/h7-8,10,14H,3-6H2,1-2H3. The third-order valence-corrected chi connectivity index (χ3v) is 3.77. The maximum Gasteiger partial charge on any atom is 0.326 e. The smallest absolute Gasteiger partial charge is 0.326 e. The summed E-state index contributed by atoms with van der Waals surface area (Å²) in [5.41, 5.74) is -0.584. The molecular weight excluding hydrogens is 254 g/mol. The lowest BCUT2D eigenvalue weighted by Gasteiger charge is -2.26. The molecule has 0 saturated heterocycles. The number of halogens is 1. The monoisotopic (exact) mass is 271 g/mol. The van der Waals surface area contributed by atoms with Gasteiger partial charge in [-0.3, -0.25) is 9.48 Å². The molecule has 1 fully saturated rings. The Morgan fingerprint density at radius 3 is 3.11 bits per heavy atom. The van der Waals surface area contributed by atoms with Crippen LogP contribution in [0.1, 0.15) is 32.2 Å². The van der Waals surface area contributed by atoms with Crippen molar-refractivity contribution in [2.75, 3.05) is 13.7 Å². The van der Waals surface area contributed by atoms with Gasteiger partial charge in [-0.15, -0.1) is 0 Å². The van der Waals surface area contributed by atoms with Crippen LogP contribution in [0.25, 0.3) is 0 Å². The van der Waals surface area contributed by atoms with Crippen molar-refractivity contribution < 1.29 is 9.53 Å². The fourth-order valence-corrected chi connectivity index (χ4v) is 2.69. The van der Waals surface area contributed by atoms with Gasteiger partial charge in [-0.1, -0.05) is 11.6 Å². The minimum absolute atomic E-state index is 0.173. The van der Waals surface area contributed by atoms with Gasteiger partial charge in [0.15, 0.2) is 0 Å². The second-order valence-corrected chi connectivity index (χ2v) is 5.02. The van der Waals surface area contributed by atoms with E-state index >= 15 is 0 Å². The van der Waals surface area contributed by atoms with E-state index in [4.69, 9.17) is 16.3 Å². The number of ether oxygens (including phenoxy) is 1. The molecule has 6 heteroatoms. The Morgan fingerprint density at radius 2 is 2.56 bits per heavy atom. The lowest BCUT2D eigenvalue weighted by Crippen LogP contribution is -2.49. The summed E-state index contributed by atoms with van der Waals surface area (Å²) in [5.74, 6) is -0.173. The molecule has 0 radical (unpaired) electrons. The van der Waals surface area contributed by atoms with Crippen LogP contribution in [0, 0.1) is 0 Å². The second-order valence-electron chi connectivity index (χ2n) is 4.59. The maximum absolute atomic E-state index is 12.0. The predicted octanol–water partition coefficient (Wildman–Crippen LogP) is 1.78. The van der Waals surface area contributed by atoms with E-state index in [1.807, 2.05) is 11.6 Å². The minimum atomic E-state index is -0.584. The molecule has 0 amide bonds. The van der Waals surface area contributed by atoms with Crippen molar-refractivity contribution in [1.29, 1.82) is 0 Å². The van der Waals surface area contributed by atoms with E-state index in [1.165, 1.54) is 0 Å². The van der Waals surface area contributed by atoms with E-state index < -0.39 is 5.54 Å². The Kier molecular flexibility index (Phi) is 3.92. The molecule has 5 nitrogen and oxygen atoms in total. The summed E-state index contributed by atoms with van der Waals surface area (Å²) in [6.45, 7) is 2.22. The molecule has 1 saturated carbocycles. The number of aromatic nitrogens is 2. The van der Waals surface area contributed by atoms with Crippen molar-refractivity contribution in [2.45, 2.75) is 37.8 Å². The van der Waals surface area contributed by atoms with E-state index in [0.29, 0.717) is 18.1 Å². The molecule has 0 aromatic carbocycles. The molecule has 1 heterocycles. The number of hydrogen-bond acceptors (Lipinski definition) is 4. The molecule has 100 valence electrons. The van der Waals surface area contributed by atoms with Crippen molar-refractivity contribution in [3.63, 3.8) is 0 Å². The number of esters is 1. The van der Waals surface area contributed by atoms with E-state index in [1.54, 1.807) is 19.4 Å². The van der Waals surface area contributed by atoms with E-state index in [0.717, 1.165) is 12.8 Å². The quantitative estimate of drug-likeness (QED) is 0.848. The fraction of sp³-hybridized carbons (Fsp3) is 0.667. The summed E-state index contributed by atoms with van der Waals surface area (Å²) < 4.78 is 6.99. The molecule has 1 N–H and O–H groups in total. The van der Waals surface area contributed by atoms with Crippen molar-refractivity contribution in [3.05, 3.63) is 17.4 Å². The van der Waals surface area contributed by atoms with Crippen LogP contribution in [0.5, 0.6) is 0 Å². The Balaban J connectivity index is 2.11. The molecule has 1 aromatic heterocycles. The van der Waals surface area contributed by atoms with Gasteiger partial charge in [0.2, 0.25) is 0 Å². The van der Waals surface area contributed by atoms with Crippen molar-refractivity contribution in [1.82, 2.24) is 15.1 Å². The van der Waals surface area contributed by atoms with Crippen LogP contribution >= 0.6 is 11.6 Å². The van der Waals surface area contributed by atoms with E-state index in [9.17, 15) is 4.79 Å². The first-order valence-corrected chi connectivity index (χ1v) is 6.55. The summed E-state index contributed by atoms with van der Waals surface area (Å²) in [4.78, 5) is 12.0. The highest BCUT2D eigenvalue weighted by Crippen LogP contribution is 2.38. The normalized spacial score (nSPS) is 27.4. The molecule has 2 rings (SSSR count). The molecule has 0 aliphatic heterocycles. The molecule has 2 unspecified atom stereocenters. The zero-order chi connectivity index (χ0) is 13.2. The molecule has 0 spiro atoms. The topological polar surface area (TPSA) is 56.1 Å². The van der Waals surface area contributed by atoms with Crippen LogP contribution in [-0.4, -0.2) is 34.9 Å². The summed E-state index contributed by atoms with van der Waals surface area (Å²) >= 11 is 5.87. The highest BCUT2D eigenvalue weighted by molar-refractivity contribution is 6.30. The number of carbonyl (C=O) groups is 1. The highest BCUT2D eigenvalue weighted by atomic mass is 35.5. The Bertz CT molecular complexity index is 435. The number of rotatable bonds is 4. The van der Waals surface area contributed by atoms with E-state index in [2.05, 4.69) is 10.4 Å². The van der Waals surface area contributed by atoms with Crippen molar-refractivity contribution in [2.24, 2.45) is 0 Å². The number of nitrogens with one attached hydrogen (secondary N) is 1. The van der Waals surface area contributed by atoms with Crippen LogP contribution in [-0.2, 0) is 9.53 Å². The van der Waals surface area contributed by atoms with Crippen LogP contribution in [0.2, 0.25) is 5.02 Å². The van der Waals surface area contributed by atoms with Gasteiger partial charge in [-0.2, -0.15) is 5.10 Å². The molecule has 2 atom stereocenters. The second kappa shape index (κ2) is 5.28. The Morgan fingerprint density at radius 1 is 1.78 bits per heavy atom. The van der Waals surface area contributed by atoms with Crippen molar-refractivity contribution in [3.8, 4) is 0 Å². The van der Waals surface area contributed by atoms with Gasteiger partial charge >= 0.3 is 5.97 Å². The van der Waals surface area contributed by atoms with Crippen molar-refractivity contribution >= 4 is 17.6 Å². The van der Waals surface area contributed by atoms with Gasteiger partial charge < -0.3 is 10.1 Å². The van der Waals surface area contributed by atoms with Gasteiger partial charge in [0, 0.05) is 6.20 Å². The van der Waals surface area contributed by atoms with Gasteiger partial charge in [-0.05, 0) is 33.2 Å². The van der Waals surface area contributed by atoms with Gasteiger partial charge in [0.05, 0.1) is 23.9 Å².